The number of carbonyl (C=O) groups is 2. The number of rotatable bonds is 4. The SMILES string of the molecule is C=C1C(=O)O[C@H]2[C@H]1CC/C(CNC(=O)/C=C/c1ccccc1)=C\CC[C@@]1(C)O[C@@H]21. The van der Waals surface area contributed by atoms with Gasteiger partial charge in [-0.1, -0.05) is 48.6 Å². The molecule has 1 amide bonds. The molecule has 2 heterocycles. The van der Waals surface area contributed by atoms with Crippen LogP contribution >= 0.6 is 0 Å². The van der Waals surface area contributed by atoms with Crippen LogP contribution in [-0.2, 0) is 19.1 Å². The Labute approximate surface area is 171 Å². The number of esters is 1. The number of hydrogen-bond acceptors (Lipinski definition) is 4. The summed E-state index contributed by atoms with van der Waals surface area (Å²) in [6, 6.07) is 9.73. The van der Waals surface area contributed by atoms with Crippen molar-refractivity contribution in [2.75, 3.05) is 6.54 Å². The predicted molar refractivity (Wildman–Crippen MR) is 111 cm³/mol. The lowest BCUT2D eigenvalue weighted by molar-refractivity contribution is -0.140. The van der Waals surface area contributed by atoms with Crippen molar-refractivity contribution in [2.24, 2.45) is 5.92 Å². The van der Waals surface area contributed by atoms with E-state index in [2.05, 4.69) is 24.9 Å². The highest BCUT2D eigenvalue weighted by Crippen LogP contribution is 2.49. The van der Waals surface area contributed by atoms with Gasteiger partial charge in [-0.25, -0.2) is 4.79 Å². The van der Waals surface area contributed by atoms with E-state index in [1.165, 1.54) is 5.57 Å². The quantitative estimate of drug-likeness (QED) is 0.368. The summed E-state index contributed by atoms with van der Waals surface area (Å²) >= 11 is 0. The van der Waals surface area contributed by atoms with Crippen molar-refractivity contribution >= 4 is 18.0 Å². The summed E-state index contributed by atoms with van der Waals surface area (Å²) in [5, 5.41) is 2.97. The first-order valence-electron chi connectivity index (χ1n) is 10.2. The van der Waals surface area contributed by atoms with Gasteiger partial charge in [0.15, 0.2) is 0 Å². The minimum absolute atomic E-state index is 0.0236. The van der Waals surface area contributed by atoms with Gasteiger partial charge in [-0.05, 0) is 44.2 Å². The van der Waals surface area contributed by atoms with E-state index < -0.39 is 0 Å². The summed E-state index contributed by atoms with van der Waals surface area (Å²) < 4.78 is 11.5. The Morgan fingerprint density at radius 3 is 2.93 bits per heavy atom. The van der Waals surface area contributed by atoms with Crippen molar-refractivity contribution in [3.05, 3.63) is 65.8 Å². The van der Waals surface area contributed by atoms with Crippen LogP contribution in [0.15, 0.2) is 60.2 Å². The summed E-state index contributed by atoms with van der Waals surface area (Å²) in [7, 11) is 0. The van der Waals surface area contributed by atoms with Crippen molar-refractivity contribution in [2.45, 2.75) is 50.4 Å². The molecule has 3 aliphatic rings. The molecule has 0 saturated carbocycles. The zero-order chi connectivity index (χ0) is 20.4. The van der Waals surface area contributed by atoms with E-state index in [9.17, 15) is 9.59 Å². The highest BCUT2D eigenvalue weighted by atomic mass is 16.6. The summed E-state index contributed by atoms with van der Waals surface area (Å²) in [6.45, 7) is 6.52. The van der Waals surface area contributed by atoms with Gasteiger partial charge in [0.2, 0.25) is 5.91 Å². The predicted octanol–water partition coefficient (Wildman–Crippen LogP) is 3.57. The number of epoxide rings is 1. The van der Waals surface area contributed by atoms with E-state index in [0.717, 1.165) is 31.2 Å². The first-order valence-corrected chi connectivity index (χ1v) is 10.2. The first-order chi connectivity index (χ1) is 14.0. The third-order valence-electron chi connectivity index (χ3n) is 6.16. The van der Waals surface area contributed by atoms with Crippen molar-refractivity contribution in [3.63, 3.8) is 0 Å². The molecule has 4 rings (SSSR count). The van der Waals surface area contributed by atoms with E-state index in [-0.39, 0.29) is 35.6 Å². The van der Waals surface area contributed by atoms with Gasteiger partial charge in [0.05, 0.1) is 5.60 Å². The van der Waals surface area contributed by atoms with E-state index in [0.29, 0.717) is 12.1 Å². The first kappa shape index (κ1) is 19.6. The Hall–Kier alpha value is -2.66. The molecular formula is C24H27NO4. The molecule has 1 aliphatic carbocycles. The molecule has 5 heteroatoms. The largest absolute Gasteiger partial charge is 0.455 e. The maximum atomic E-state index is 12.2. The number of hydrogen-bond donors (Lipinski definition) is 1. The van der Waals surface area contributed by atoms with Gasteiger partial charge in [0.25, 0.3) is 0 Å². The van der Waals surface area contributed by atoms with Crippen molar-refractivity contribution < 1.29 is 19.1 Å². The fraction of sp³-hybridized carbons (Fsp3) is 0.417. The van der Waals surface area contributed by atoms with Gasteiger partial charge in [0, 0.05) is 24.1 Å². The molecule has 2 saturated heterocycles. The lowest BCUT2D eigenvalue weighted by Gasteiger charge is -2.20. The van der Waals surface area contributed by atoms with Crippen LogP contribution in [0.3, 0.4) is 0 Å². The molecule has 0 radical (unpaired) electrons. The lowest BCUT2D eigenvalue weighted by Crippen LogP contribution is -2.29. The number of allylic oxidation sites excluding steroid dienone is 1. The molecule has 0 spiro atoms. The number of amides is 1. The molecule has 1 N–H and O–H groups in total. The van der Waals surface area contributed by atoms with Crippen molar-refractivity contribution in [1.82, 2.24) is 5.32 Å². The van der Waals surface area contributed by atoms with Crippen LogP contribution < -0.4 is 5.32 Å². The van der Waals surface area contributed by atoms with Gasteiger partial charge < -0.3 is 14.8 Å². The standard InChI is InChI=1S/C24H27NO4/c1-16-19-12-10-18(15-25-20(26)13-11-17-7-4-3-5-8-17)9-6-14-24(2)22(29-24)21(19)28-23(16)27/h3-5,7-9,11,13,19,21-22H,1,6,10,12,14-15H2,2H3,(H,25,26)/b13-11+,18-9+/t19-,21-,22-,24+/m0/s1. The lowest BCUT2D eigenvalue weighted by atomic mass is 9.84. The number of benzene rings is 1. The fourth-order valence-electron chi connectivity index (χ4n) is 4.28. The smallest absolute Gasteiger partial charge is 0.334 e. The number of fused-ring (bicyclic) bond motifs is 3. The van der Waals surface area contributed by atoms with Crippen LogP contribution in [0.2, 0.25) is 0 Å². The Morgan fingerprint density at radius 2 is 2.14 bits per heavy atom. The average Bonchev–Trinajstić information content (AvgIpc) is 3.31. The Morgan fingerprint density at radius 1 is 1.34 bits per heavy atom. The van der Waals surface area contributed by atoms with Gasteiger partial charge in [0.1, 0.15) is 12.2 Å². The molecule has 5 nitrogen and oxygen atoms in total. The van der Waals surface area contributed by atoms with Gasteiger partial charge in [-0.15, -0.1) is 0 Å². The zero-order valence-electron chi connectivity index (χ0n) is 16.7. The number of nitrogens with one attached hydrogen (secondary N) is 1. The maximum absolute atomic E-state index is 12.2. The third kappa shape index (κ3) is 4.35. The van der Waals surface area contributed by atoms with E-state index >= 15 is 0 Å². The second-order valence-corrected chi connectivity index (χ2v) is 8.25. The van der Waals surface area contributed by atoms with Crippen LogP contribution in [0.5, 0.6) is 0 Å². The zero-order valence-corrected chi connectivity index (χ0v) is 16.7. The summed E-state index contributed by atoms with van der Waals surface area (Å²) in [6.07, 6.45) is 8.61. The monoisotopic (exact) mass is 393 g/mol. The molecule has 0 aromatic heterocycles. The van der Waals surface area contributed by atoms with Crippen LogP contribution in [0.4, 0.5) is 0 Å². The molecule has 4 atom stereocenters. The van der Waals surface area contributed by atoms with Crippen LogP contribution in [0.1, 0.15) is 38.2 Å². The molecule has 2 fully saturated rings. The van der Waals surface area contributed by atoms with Crippen LogP contribution in [-0.4, -0.2) is 36.2 Å². The average molecular weight is 393 g/mol. The molecule has 152 valence electrons. The molecule has 2 aliphatic heterocycles. The third-order valence-corrected chi connectivity index (χ3v) is 6.16. The molecule has 1 aromatic rings. The minimum atomic E-state index is -0.304. The molecular weight excluding hydrogens is 366 g/mol. The number of ether oxygens (including phenoxy) is 2. The van der Waals surface area contributed by atoms with E-state index in [1.807, 2.05) is 30.3 Å². The topological polar surface area (TPSA) is 67.9 Å². The minimum Gasteiger partial charge on any atom is -0.455 e. The maximum Gasteiger partial charge on any atom is 0.334 e. The van der Waals surface area contributed by atoms with E-state index in [4.69, 9.17) is 9.47 Å². The highest BCUT2D eigenvalue weighted by Gasteiger charge is 2.61. The highest BCUT2D eigenvalue weighted by molar-refractivity contribution is 5.92. The van der Waals surface area contributed by atoms with E-state index in [1.54, 1.807) is 12.2 Å². The van der Waals surface area contributed by atoms with Gasteiger partial charge in [-0.2, -0.15) is 0 Å². The summed E-state index contributed by atoms with van der Waals surface area (Å²) in [4.78, 5) is 24.2. The summed E-state index contributed by atoms with van der Waals surface area (Å²) in [5.41, 5.74) is 2.46. The summed E-state index contributed by atoms with van der Waals surface area (Å²) in [5.74, 6) is -0.447. The fourth-order valence-corrected chi connectivity index (χ4v) is 4.28. The molecule has 0 unspecified atom stereocenters. The normalized spacial score (nSPS) is 33.3. The molecule has 1 aromatic carbocycles. The van der Waals surface area contributed by atoms with Crippen LogP contribution in [0.25, 0.3) is 6.08 Å². The van der Waals surface area contributed by atoms with Crippen molar-refractivity contribution in [3.8, 4) is 0 Å². The van der Waals surface area contributed by atoms with Gasteiger partial charge >= 0.3 is 5.97 Å². The Bertz CT molecular complexity index is 872. The van der Waals surface area contributed by atoms with Gasteiger partial charge in [-0.3, -0.25) is 4.79 Å². The van der Waals surface area contributed by atoms with Crippen LogP contribution in [0, 0.1) is 5.92 Å². The Kier molecular flexibility index (Phi) is 5.41. The Balaban J connectivity index is 1.38. The van der Waals surface area contributed by atoms with Crippen molar-refractivity contribution in [1.29, 1.82) is 0 Å². The second kappa shape index (κ2) is 7.99. The number of carbonyl (C=O) groups excluding carboxylic acids is 2. The molecule has 29 heavy (non-hydrogen) atoms. The molecule has 0 bridgehead atoms. The second-order valence-electron chi connectivity index (χ2n) is 8.25.